The summed E-state index contributed by atoms with van der Waals surface area (Å²) in [6.07, 6.45) is 4.40. The molecule has 0 amide bonds. The molecule has 1 atom stereocenters. The van der Waals surface area contributed by atoms with Crippen molar-refractivity contribution in [3.63, 3.8) is 0 Å². The molecule has 1 aliphatic rings. The number of ether oxygens (including phenoxy) is 1. The molecule has 0 aromatic rings. The van der Waals surface area contributed by atoms with Gasteiger partial charge in [0.2, 0.25) is 0 Å². The molecule has 0 radical (unpaired) electrons. The Labute approximate surface area is 103 Å². The highest BCUT2D eigenvalue weighted by Gasteiger charge is 2.34. The summed E-state index contributed by atoms with van der Waals surface area (Å²) in [5.74, 6) is 0. The van der Waals surface area contributed by atoms with Crippen molar-refractivity contribution in [1.82, 2.24) is 0 Å². The minimum atomic E-state index is -1.43. The Morgan fingerprint density at radius 1 is 1.12 bits per heavy atom. The van der Waals surface area contributed by atoms with E-state index in [1.54, 1.807) is 0 Å². The van der Waals surface area contributed by atoms with Crippen molar-refractivity contribution in [2.45, 2.75) is 70.6 Å². The van der Waals surface area contributed by atoms with Crippen LogP contribution < -0.4 is 0 Å². The zero-order valence-corrected chi connectivity index (χ0v) is 13.6. The average Bonchev–Trinajstić information content (AvgIpc) is 2.93. The van der Waals surface area contributed by atoms with Gasteiger partial charge >= 0.3 is 0 Å². The van der Waals surface area contributed by atoms with E-state index in [2.05, 4.69) is 33.1 Å². The molecular formula is C12H28O2Si2. The van der Waals surface area contributed by atoms with Gasteiger partial charge < -0.3 is 8.85 Å². The van der Waals surface area contributed by atoms with Gasteiger partial charge in [-0.15, -0.1) is 0 Å². The lowest BCUT2D eigenvalue weighted by molar-refractivity contribution is 0.399. The molecule has 2 nitrogen and oxygen atoms in total. The van der Waals surface area contributed by atoms with Gasteiger partial charge in [0.1, 0.15) is 0 Å². The molecule has 1 saturated heterocycles. The van der Waals surface area contributed by atoms with Gasteiger partial charge in [-0.1, -0.05) is 19.8 Å². The van der Waals surface area contributed by atoms with Crippen molar-refractivity contribution in [2.24, 2.45) is 0 Å². The van der Waals surface area contributed by atoms with E-state index in [0.717, 1.165) is 6.61 Å². The lowest BCUT2D eigenvalue weighted by Gasteiger charge is -2.34. The van der Waals surface area contributed by atoms with Crippen molar-refractivity contribution in [2.75, 3.05) is 6.61 Å². The third-order valence-electron chi connectivity index (χ3n) is 3.16. The molecule has 1 rings (SSSR count). The molecule has 0 N–H and O–H groups in total. The van der Waals surface area contributed by atoms with Crippen LogP contribution in [0.1, 0.15) is 26.2 Å². The second kappa shape index (κ2) is 5.80. The summed E-state index contributed by atoms with van der Waals surface area (Å²) in [5, 5.41) is 0. The molecule has 0 aromatic heterocycles. The van der Waals surface area contributed by atoms with Gasteiger partial charge in [0, 0.05) is 0 Å². The van der Waals surface area contributed by atoms with E-state index in [0.29, 0.717) is 6.10 Å². The Hall–Kier alpha value is 0.354. The first-order chi connectivity index (χ1) is 7.35. The van der Waals surface area contributed by atoms with E-state index in [9.17, 15) is 0 Å². The van der Waals surface area contributed by atoms with Crippen LogP contribution in [-0.4, -0.2) is 29.3 Å². The number of rotatable bonds is 8. The maximum absolute atomic E-state index is 6.53. The first kappa shape index (κ1) is 14.4. The summed E-state index contributed by atoms with van der Waals surface area (Å²) in [7, 11) is -2.82. The van der Waals surface area contributed by atoms with Crippen LogP contribution in [0.5, 0.6) is 0 Å². The van der Waals surface area contributed by atoms with Gasteiger partial charge in [0.05, 0.1) is 12.7 Å². The van der Waals surface area contributed by atoms with E-state index in [1.807, 2.05) is 0 Å². The molecule has 1 aliphatic heterocycles. The molecule has 0 bridgehead atoms. The number of hydrogen-bond donors (Lipinski definition) is 0. The molecule has 0 saturated carbocycles. The fourth-order valence-electron chi connectivity index (χ4n) is 2.20. The highest BCUT2D eigenvalue weighted by molar-refractivity contribution is 6.84. The summed E-state index contributed by atoms with van der Waals surface area (Å²) in [6, 6.07) is 2.58. The molecule has 1 heterocycles. The lowest BCUT2D eigenvalue weighted by atomic mass is 10.4. The minimum Gasteiger partial charge on any atom is -0.455 e. The van der Waals surface area contributed by atoms with Crippen LogP contribution in [0.3, 0.4) is 0 Å². The zero-order chi connectivity index (χ0) is 12.2. The molecule has 1 unspecified atom stereocenters. The predicted octanol–water partition coefficient (Wildman–Crippen LogP) is 4.00. The fourth-order valence-corrected chi connectivity index (χ4v) is 11.2. The van der Waals surface area contributed by atoms with E-state index in [4.69, 9.17) is 8.85 Å². The van der Waals surface area contributed by atoms with Crippen molar-refractivity contribution >= 4 is 16.6 Å². The highest BCUT2D eigenvalue weighted by atomic mass is 28.4. The van der Waals surface area contributed by atoms with Crippen LogP contribution in [0.15, 0.2) is 0 Å². The number of unbranched alkanes of at least 4 members (excludes halogenated alkanes) is 1. The molecule has 96 valence electrons. The van der Waals surface area contributed by atoms with Crippen LogP contribution in [0, 0.1) is 0 Å². The van der Waals surface area contributed by atoms with E-state index in [1.165, 1.54) is 31.4 Å². The van der Waals surface area contributed by atoms with Gasteiger partial charge in [-0.05, 0) is 44.7 Å². The summed E-state index contributed by atoms with van der Waals surface area (Å²) < 4.78 is 11.8. The summed E-state index contributed by atoms with van der Waals surface area (Å²) in [5.41, 5.74) is 0. The highest BCUT2D eigenvalue weighted by Crippen LogP contribution is 2.27. The van der Waals surface area contributed by atoms with Gasteiger partial charge in [0.25, 0.3) is 0 Å². The second-order valence-corrected chi connectivity index (χ2v) is 15.1. The Morgan fingerprint density at radius 2 is 1.69 bits per heavy atom. The van der Waals surface area contributed by atoms with Crippen molar-refractivity contribution < 1.29 is 8.85 Å². The van der Waals surface area contributed by atoms with Crippen molar-refractivity contribution in [3.8, 4) is 0 Å². The normalized spacial score (nSPS) is 21.2. The Bertz CT molecular complexity index is 213. The molecule has 16 heavy (non-hydrogen) atoms. The number of epoxide rings is 1. The van der Waals surface area contributed by atoms with Crippen LogP contribution in [0.25, 0.3) is 0 Å². The largest absolute Gasteiger partial charge is 0.455 e. The molecule has 4 heteroatoms. The van der Waals surface area contributed by atoms with Crippen LogP contribution >= 0.6 is 0 Å². The third-order valence-corrected chi connectivity index (χ3v) is 10.6. The van der Waals surface area contributed by atoms with Gasteiger partial charge in [-0.2, -0.15) is 0 Å². The monoisotopic (exact) mass is 260 g/mol. The third kappa shape index (κ3) is 6.18. The molecule has 1 fully saturated rings. The van der Waals surface area contributed by atoms with Crippen molar-refractivity contribution in [1.29, 1.82) is 0 Å². The molecule has 0 aliphatic carbocycles. The fraction of sp³-hybridized carbons (Fsp3) is 1.00. The van der Waals surface area contributed by atoms with E-state index in [-0.39, 0.29) is 0 Å². The second-order valence-electron chi connectivity index (χ2n) is 6.22. The maximum atomic E-state index is 6.53. The zero-order valence-electron chi connectivity index (χ0n) is 11.6. The topological polar surface area (TPSA) is 21.8 Å². The quantitative estimate of drug-likeness (QED) is 0.486. The summed E-state index contributed by atoms with van der Waals surface area (Å²) in [6.45, 7) is 12.8. The van der Waals surface area contributed by atoms with E-state index >= 15 is 0 Å². The lowest BCUT2D eigenvalue weighted by Crippen LogP contribution is -2.44. The van der Waals surface area contributed by atoms with Gasteiger partial charge in [0.15, 0.2) is 16.6 Å². The van der Waals surface area contributed by atoms with E-state index < -0.39 is 16.6 Å². The van der Waals surface area contributed by atoms with Crippen LogP contribution in [0.4, 0.5) is 0 Å². The van der Waals surface area contributed by atoms with Gasteiger partial charge in [-0.3, -0.25) is 0 Å². The average molecular weight is 261 g/mol. The summed E-state index contributed by atoms with van der Waals surface area (Å²) in [4.78, 5) is 0. The predicted molar refractivity (Wildman–Crippen MR) is 74.9 cm³/mol. The van der Waals surface area contributed by atoms with Gasteiger partial charge in [-0.25, -0.2) is 0 Å². The smallest absolute Gasteiger partial charge is 0.173 e. The maximum Gasteiger partial charge on any atom is 0.173 e. The Balaban J connectivity index is 2.29. The first-order valence-electron chi connectivity index (χ1n) is 6.66. The molecule has 0 spiro atoms. The van der Waals surface area contributed by atoms with Crippen LogP contribution in [-0.2, 0) is 8.85 Å². The first-order valence-corrected chi connectivity index (χ1v) is 12.9. The molecular weight excluding hydrogens is 232 g/mol. The molecule has 0 aromatic carbocycles. The SMILES string of the molecule is CCCC[Si](C)(C)O[Si](C)(C)CCC1CO1. The summed E-state index contributed by atoms with van der Waals surface area (Å²) >= 11 is 0. The Kier molecular flexibility index (Phi) is 5.23. The standard InChI is InChI=1S/C12H28O2Si2/c1-6-7-9-15(2,3)14-16(4,5)10-8-12-11-13-12/h12H,6-11H2,1-5H3. The minimum absolute atomic E-state index is 0.566. The van der Waals surface area contributed by atoms with Crippen molar-refractivity contribution in [3.05, 3.63) is 0 Å². The Morgan fingerprint density at radius 3 is 2.19 bits per heavy atom. The number of hydrogen-bond acceptors (Lipinski definition) is 2. The van der Waals surface area contributed by atoms with Crippen LogP contribution in [0.2, 0.25) is 38.3 Å².